The Morgan fingerprint density at radius 1 is 1.22 bits per heavy atom. The Hall–Kier alpha value is -1.14. The fourth-order valence-corrected chi connectivity index (χ4v) is 1.34. The van der Waals surface area contributed by atoms with Crippen molar-refractivity contribution in [3.05, 3.63) is 0 Å². The lowest BCUT2D eigenvalue weighted by Crippen LogP contribution is -2.47. The van der Waals surface area contributed by atoms with Gasteiger partial charge in [0.25, 0.3) is 0 Å². The highest BCUT2D eigenvalue weighted by molar-refractivity contribution is 5.95. The van der Waals surface area contributed by atoms with Crippen LogP contribution in [0.3, 0.4) is 0 Å². The molecule has 0 atom stereocenters. The number of urea groups is 1. The second-order valence-electron chi connectivity index (χ2n) is 4.94. The van der Waals surface area contributed by atoms with Crippen molar-refractivity contribution >= 4 is 11.9 Å². The van der Waals surface area contributed by atoms with Crippen molar-refractivity contribution < 1.29 is 14.7 Å². The standard InChI is InChI=1S/C12H25N3O3/c1-9(2)7-13-12(18)14-11(17)8-15(5-6-16)10(3)4/h9-10,16H,5-8H2,1-4H3,(H2,13,14,17,18). The molecule has 3 N–H and O–H groups in total. The molecule has 0 radical (unpaired) electrons. The first-order valence-corrected chi connectivity index (χ1v) is 6.29. The van der Waals surface area contributed by atoms with Crippen molar-refractivity contribution in [1.82, 2.24) is 15.5 Å². The normalized spacial score (nSPS) is 11.1. The Morgan fingerprint density at radius 2 is 1.83 bits per heavy atom. The number of aliphatic hydroxyl groups excluding tert-OH is 1. The summed E-state index contributed by atoms with van der Waals surface area (Å²) in [6, 6.07) is -0.331. The second kappa shape index (κ2) is 8.88. The van der Waals surface area contributed by atoms with Gasteiger partial charge in [-0.25, -0.2) is 4.79 Å². The number of nitrogens with one attached hydrogen (secondary N) is 2. The van der Waals surface area contributed by atoms with Gasteiger partial charge in [-0.1, -0.05) is 13.8 Å². The van der Waals surface area contributed by atoms with Crippen molar-refractivity contribution in [3.63, 3.8) is 0 Å². The summed E-state index contributed by atoms with van der Waals surface area (Å²) in [5.74, 6) is -0.0224. The molecule has 18 heavy (non-hydrogen) atoms. The minimum Gasteiger partial charge on any atom is -0.395 e. The molecule has 6 nitrogen and oxygen atoms in total. The van der Waals surface area contributed by atoms with E-state index in [-0.39, 0.29) is 25.1 Å². The van der Waals surface area contributed by atoms with Gasteiger partial charge in [-0.15, -0.1) is 0 Å². The topological polar surface area (TPSA) is 81.7 Å². The Kier molecular flexibility index (Phi) is 8.32. The first-order chi connectivity index (χ1) is 8.36. The van der Waals surface area contributed by atoms with E-state index in [0.29, 0.717) is 19.0 Å². The van der Waals surface area contributed by atoms with Crippen LogP contribution in [0.15, 0.2) is 0 Å². The summed E-state index contributed by atoms with van der Waals surface area (Å²) in [5, 5.41) is 13.7. The molecule has 0 aliphatic carbocycles. The lowest BCUT2D eigenvalue weighted by Gasteiger charge is -2.24. The minimum atomic E-state index is -0.471. The molecule has 106 valence electrons. The number of carbonyl (C=O) groups is 2. The number of hydrogen-bond acceptors (Lipinski definition) is 4. The van der Waals surface area contributed by atoms with Crippen LogP contribution in [0.1, 0.15) is 27.7 Å². The summed E-state index contributed by atoms with van der Waals surface area (Å²) >= 11 is 0. The quantitative estimate of drug-likeness (QED) is 0.609. The van der Waals surface area contributed by atoms with E-state index < -0.39 is 6.03 Å². The van der Waals surface area contributed by atoms with Crippen molar-refractivity contribution in [2.75, 3.05) is 26.2 Å². The predicted octanol–water partition coefficient (Wildman–Crippen LogP) is 0.171. The van der Waals surface area contributed by atoms with E-state index in [1.165, 1.54) is 0 Å². The lowest BCUT2D eigenvalue weighted by atomic mass is 10.2. The van der Waals surface area contributed by atoms with Crippen LogP contribution in [0, 0.1) is 5.92 Å². The summed E-state index contributed by atoms with van der Waals surface area (Å²) in [6.07, 6.45) is 0. The van der Waals surface area contributed by atoms with Gasteiger partial charge < -0.3 is 10.4 Å². The van der Waals surface area contributed by atoms with Gasteiger partial charge in [-0.05, 0) is 19.8 Å². The van der Waals surface area contributed by atoms with E-state index in [1.807, 2.05) is 27.7 Å². The van der Waals surface area contributed by atoms with Crippen molar-refractivity contribution in [3.8, 4) is 0 Å². The van der Waals surface area contributed by atoms with Gasteiger partial charge in [0.2, 0.25) is 5.91 Å². The van der Waals surface area contributed by atoms with Crippen LogP contribution in [0.25, 0.3) is 0 Å². The maximum atomic E-state index is 11.6. The summed E-state index contributed by atoms with van der Waals surface area (Å²) in [4.78, 5) is 24.7. The number of rotatable bonds is 7. The summed E-state index contributed by atoms with van der Waals surface area (Å²) < 4.78 is 0. The zero-order valence-corrected chi connectivity index (χ0v) is 11.7. The largest absolute Gasteiger partial charge is 0.395 e. The Bertz CT molecular complexity index is 267. The van der Waals surface area contributed by atoms with E-state index in [4.69, 9.17) is 5.11 Å². The highest BCUT2D eigenvalue weighted by Gasteiger charge is 2.15. The van der Waals surface area contributed by atoms with Gasteiger partial charge in [0.15, 0.2) is 0 Å². The van der Waals surface area contributed by atoms with E-state index in [2.05, 4.69) is 10.6 Å². The van der Waals surface area contributed by atoms with E-state index in [9.17, 15) is 9.59 Å². The molecule has 0 rings (SSSR count). The third-order valence-electron chi connectivity index (χ3n) is 2.39. The highest BCUT2D eigenvalue weighted by atomic mass is 16.3. The molecule has 0 unspecified atom stereocenters. The maximum absolute atomic E-state index is 11.6. The van der Waals surface area contributed by atoms with Gasteiger partial charge in [0.1, 0.15) is 0 Å². The van der Waals surface area contributed by atoms with E-state index >= 15 is 0 Å². The monoisotopic (exact) mass is 259 g/mol. The van der Waals surface area contributed by atoms with Crippen molar-refractivity contribution in [1.29, 1.82) is 0 Å². The molecule has 0 aromatic heterocycles. The summed E-state index contributed by atoms with van der Waals surface area (Å²) in [5.41, 5.74) is 0. The van der Waals surface area contributed by atoms with Crippen LogP contribution in [0.5, 0.6) is 0 Å². The Morgan fingerprint density at radius 3 is 2.28 bits per heavy atom. The molecule has 0 aromatic rings. The van der Waals surface area contributed by atoms with Crippen LogP contribution in [-0.2, 0) is 4.79 Å². The molecule has 0 saturated heterocycles. The molecule has 0 aliphatic heterocycles. The molecule has 0 saturated carbocycles. The Balaban J connectivity index is 4.04. The third-order valence-corrected chi connectivity index (χ3v) is 2.39. The molecule has 3 amide bonds. The fourth-order valence-electron chi connectivity index (χ4n) is 1.34. The van der Waals surface area contributed by atoms with Crippen LogP contribution in [-0.4, -0.2) is 54.2 Å². The van der Waals surface area contributed by atoms with Gasteiger partial charge in [0, 0.05) is 19.1 Å². The zero-order valence-electron chi connectivity index (χ0n) is 11.7. The smallest absolute Gasteiger partial charge is 0.321 e. The fraction of sp³-hybridized carbons (Fsp3) is 0.833. The summed E-state index contributed by atoms with van der Waals surface area (Å²) in [6.45, 7) is 8.86. The van der Waals surface area contributed by atoms with Crippen LogP contribution in [0.4, 0.5) is 4.79 Å². The molecule has 0 aliphatic rings. The number of amides is 3. The zero-order chi connectivity index (χ0) is 14.1. The molecule has 0 heterocycles. The molecule has 0 aromatic carbocycles. The highest BCUT2D eigenvalue weighted by Crippen LogP contribution is 1.96. The molecule has 6 heteroatoms. The van der Waals surface area contributed by atoms with Crippen LogP contribution in [0.2, 0.25) is 0 Å². The average molecular weight is 259 g/mol. The van der Waals surface area contributed by atoms with Crippen LogP contribution >= 0.6 is 0 Å². The van der Waals surface area contributed by atoms with E-state index in [1.54, 1.807) is 4.90 Å². The van der Waals surface area contributed by atoms with Crippen LogP contribution < -0.4 is 10.6 Å². The van der Waals surface area contributed by atoms with Gasteiger partial charge in [-0.3, -0.25) is 15.0 Å². The molecule has 0 fully saturated rings. The molecule has 0 bridgehead atoms. The van der Waals surface area contributed by atoms with Crippen molar-refractivity contribution in [2.45, 2.75) is 33.7 Å². The summed E-state index contributed by atoms with van der Waals surface area (Å²) in [7, 11) is 0. The molecular weight excluding hydrogens is 234 g/mol. The van der Waals surface area contributed by atoms with Gasteiger partial charge >= 0.3 is 6.03 Å². The maximum Gasteiger partial charge on any atom is 0.321 e. The van der Waals surface area contributed by atoms with E-state index in [0.717, 1.165) is 0 Å². The average Bonchev–Trinajstić information content (AvgIpc) is 2.25. The SMILES string of the molecule is CC(C)CNC(=O)NC(=O)CN(CCO)C(C)C. The lowest BCUT2D eigenvalue weighted by molar-refractivity contribution is -0.121. The van der Waals surface area contributed by atoms with Gasteiger partial charge in [0.05, 0.1) is 13.2 Å². The number of aliphatic hydroxyl groups is 1. The Labute approximate surface area is 109 Å². The number of carbonyl (C=O) groups excluding carboxylic acids is 2. The molecule has 0 spiro atoms. The molecular formula is C12H25N3O3. The first-order valence-electron chi connectivity index (χ1n) is 6.29. The number of imide groups is 1. The number of hydrogen-bond donors (Lipinski definition) is 3. The first kappa shape index (κ1) is 16.9. The number of nitrogens with zero attached hydrogens (tertiary/aromatic N) is 1. The predicted molar refractivity (Wildman–Crippen MR) is 70.2 cm³/mol. The van der Waals surface area contributed by atoms with Gasteiger partial charge in [-0.2, -0.15) is 0 Å². The van der Waals surface area contributed by atoms with Crippen molar-refractivity contribution in [2.24, 2.45) is 5.92 Å². The third kappa shape index (κ3) is 8.03. The second-order valence-corrected chi connectivity index (χ2v) is 4.94. The minimum absolute atomic E-state index is 0.00892.